The number of H-pyrrole nitrogens is 1. The number of hydrogen-bond donors (Lipinski definition) is 1. The molecule has 1 aromatic carbocycles. The second kappa shape index (κ2) is 4.37. The number of nitrogens with zero attached hydrogens (tertiary/aromatic N) is 2. The summed E-state index contributed by atoms with van der Waals surface area (Å²) in [6.07, 6.45) is 5.06. The number of fused-ring (bicyclic) bond motifs is 1. The van der Waals surface area contributed by atoms with Crippen molar-refractivity contribution >= 4 is 11.0 Å². The molecule has 2 aromatic heterocycles. The molecule has 0 aliphatic carbocycles. The Morgan fingerprint density at radius 1 is 1.00 bits per heavy atom. The average Bonchev–Trinajstić information content (AvgIpc) is 2.80. The topological polar surface area (TPSA) is 32.6 Å². The monoisotopic (exact) mass is 224 g/mol. The number of benzene rings is 1. The molecule has 3 rings (SSSR count). The van der Waals surface area contributed by atoms with E-state index in [0.29, 0.717) is 0 Å². The lowest BCUT2D eigenvalue weighted by Gasteiger charge is -1.93. The number of imidazole rings is 1. The highest BCUT2D eigenvalue weighted by Gasteiger charge is 2.04. The van der Waals surface area contributed by atoms with Gasteiger partial charge in [-0.15, -0.1) is 0 Å². The third-order valence-electron chi connectivity index (χ3n) is 2.82. The number of hydrogen-bond acceptors (Lipinski definition) is 1. The maximum atomic E-state index is 4.56. The maximum Gasteiger partial charge on any atom is 0.168 e. The quantitative estimate of drug-likeness (QED) is 0.679. The summed E-state index contributed by atoms with van der Waals surface area (Å²) >= 11 is 0. The Morgan fingerprint density at radius 2 is 1.82 bits per heavy atom. The molecule has 3 heteroatoms. The Hall–Kier alpha value is -2.16. The summed E-state index contributed by atoms with van der Waals surface area (Å²) in [5.41, 5.74) is 2.15. The third kappa shape index (κ3) is 2.18. The minimum absolute atomic E-state index is 0.920. The van der Waals surface area contributed by atoms with Gasteiger partial charge in [0.05, 0.1) is 17.5 Å². The number of aromatic nitrogens is 3. The van der Waals surface area contributed by atoms with E-state index < -0.39 is 0 Å². The lowest BCUT2D eigenvalue weighted by Crippen LogP contribution is -2.33. The van der Waals surface area contributed by atoms with Gasteiger partial charge < -0.3 is 4.98 Å². The Labute approximate surface area is 99.8 Å². The molecule has 2 heterocycles. The highest BCUT2D eigenvalue weighted by atomic mass is 15.0. The van der Waals surface area contributed by atoms with Crippen LogP contribution in [0.25, 0.3) is 11.0 Å². The van der Waals surface area contributed by atoms with Crippen LogP contribution >= 0.6 is 0 Å². The first-order chi connectivity index (χ1) is 8.42. The highest BCUT2D eigenvalue weighted by molar-refractivity contribution is 5.74. The van der Waals surface area contributed by atoms with Crippen molar-refractivity contribution in [2.75, 3.05) is 0 Å². The van der Waals surface area contributed by atoms with E-state index in [0.717, 1.165) is 29.8 Å². The second-order valence-electron chi connectivity index (χ2n) is 4.06. The third-order valence-corrected chi connectivity index (χ3v) is 2.82. The predicted molar refractivity (Wildman–Crippen MR) is 66.4 cm³/mol. The van der Waals surface area contributed by atoms with Crippen molar-refractivity contribution in [1.82, 2.24) is 9.97 Å². The van der Waals surface area contributed by atoms with Crippen LogP contribution in [0, 0.1) is 0 Å². The van der Waals surface area contributed by atoms with Crippen molar-refractivity contribution in [3.63, 3.8) is 0 Å². The molecule has 0 amide bonds. The van der Waals surface area contributed by atoms with Crippen LogP contribution in [0.4, 0.5) is 0 Å². The molecule has 0 bridgehead atoms. The molecule has 0 fully saturated rings. The smallest absolute Gasteiger partial charge is 0.168 e. The average molecular weight is 224 g/mol. The van der Waals surface area contributed by atoms with Crippen LogP contribution < -0.4 is 4.57 Å². The normalized spacial score (nSPS) is 10.8. The molecule has 17 heavy (non-hydrogen) atoms. The molecule has 0 aliphatic rings. The fourth-order valence-corrected chi connectivity index (χ4v) is 1.94. The Bertz CT molecular complexity index is 580. The van der Waals surface area contributed by atoms with Crippen LogP contribution in [-0.2, 0) is 13.0 Å². The molecule has 0 saturated carbocycles. The van der Waals surface area contributed by atoms with E-state index in [1.54, 1.807) is 0 Å². The van der Waals surface area contributed by atoms with Crippen molar-refractivity contribution < 1.29 is 4.57 Å². The zero-order valence-electron chi connectivity index (χ0n) is 9.50. The highest BCUT2D eigenvalue weighted by Crippen LogP contribution is 2.10. The number of aryl methyl sites for hydroxylation is 2. The lowest BCUT2D eigenvalue weighted by atomic mass is 10.3. The first-order valence-electron chi connectivity index (χ1n) is 5.79. The fourth-order valence-electron chi connectivity index (χ4n) is 1.94. The van der Waals surface area contributed by atoms with Gasteiger partial charge in [0.25, 0.3) is 0 Å². The van der Waals surface area contributed by atoms with E-state index in [2.05, 4.69) is 33.0 Å². The SMILES string of the molecule is c1cc[n+](CCc2nc3ccccc3[nH]2)cc1. The van der Waals surface area contributed by atoms with Crippen molar-refractivity contribution in [2.24, 2.45) is 0 Å². The van der Waals surface area contributed by atoms with Gasteiger partial charge in [0.15, 0.2) is 18.9 Å². The minimum Gasteiger partial charge on any atom is -0.342 e. The number of pyridine rings is 1. The van der Waals surface area contributed by atoms with Gasteiger partial charge in [0.1, 0.15) is 5.82 Å². The molecule has 0 unspecified atom stereocenters. The van der Waals surface area contributed by atoms with Crippen LogP contribution in [0.15, 0.2) is 54.9 Å². The number of nitrogens with one attached hydrogen (secondary N) is 1. The number of aromatic amines is 1. The Kier molecular flexibility index (Phi) is 2.58. The van der Waals surface area contributed by atoms with Gasteiger partial charge in [-0.05, 0) is 12.1 Å². The van der Waals surface area contributed by atoms with E-state index in [1.807, 2.05) is 36.4 Å². The maximum absolute atomic E-state index is 4.56. The van der Waals surface area contributed by atoms with Gasteiger partial charge in [0.2, 0.25) is 0 Å². The van der Waals surface area contributed by atoms with Crippen molar-refractivity contribution in [2.45, 2.75) is 13.0 Å². The Balaban J connectivity index is 1.77. The van der Waals surface area contributed by atoms with Gasteiger partial charge in [-0.3, -0.25) is 0 Å². The molecule has 84 valence electrons. The van der Waals surface area contributed by atoms with Gasteiger partial charge in [-0.2, -0.15) is 0 Å². The fraction of sp³-hybridized carbons (Fsp3) is 0.143. The van der Waals surface area contributed by atoms with Crippen LogP contribution in [-0.4, -0.2) is 9.97 Å². The predicted octanol–water partition coefficient (Wildman–Crippen LogP) is 2.09. The zero-order valence-corrected chi connectivity index (χ0v) is 9.50. The molecular weight excluding hydrogens is 210 g/mol. The second-order valence-corrected chi connectivity index (χ2v) is 4.06. The van der Waals surface area contributed by atoms with Gasteiger partial charge in [-0.1, -0.05) is 18.2 Å². The standard InChI is InChI=1S/C14H14N3/c1-4-9-17(10-5-1)11-8-14-15-12-6-2-3-7-13(12)16-14/h1-7,9-10H,8,11H2,(H,15,16)/q+1. The summed E-state index contributed by atoms with van der Waals surface area (Å²) in [6.45, 7) is 0.945. The molecule has 3 aromatic rings. The van der Waals surface area contributed by atoms with Crippen LogP contribution in [0.1, 0.15) is 5.82 Å². The molecule has 0 atom stereocenters. The summed E-state index contributed by atoms with van der Waals surface area (Å²) in [5, 5.41) is 0. The van der Waals surface area contributed by atoms with Crippen molar-refractivity contribution in [1.29, 1.82) is 0 Å². The minimum atomic E-state index is 0.920. The first-order valence-corrected chi connectivity index (χ1v) is 5.79. The molecule has 0 saturated heterocycles. The van der Waals surface area contributed by atoms with E-state index in [1.165, 1.54) is 0 Å². The molecule has 3 nitrogen and oxygen atoms in total. The van der Waals surface area contributed by atoms with Crippen LogP contribution in [0.3, 0.4) is 0 Å². The van der Waals surface area contributed by atoms with E-state index in [4.69, 9.17) is 0 Å². The molecule has 0 spiro atoms. The van der Waals surface area contributed by atoms with E-state index in [-0.39, 0.29) is 0 Å². The zero-order chi connectivity index (χ0) is 11.5. The summed E-state index contributed by atoms with van der Waals surface area (Å²) < 4.78 is 2.16. The number of para-hydroxylation sites is 2. The number of rotatable bonds is 3. The van der Waals surface area contributed by atoms with Gasteiger partial charge >= 0.3 is 0 Å². The molecule has 1 N–H and O–H groups in total. The van der Waals surface area contributed by atoms with E-state index in [9.17, 15) is 0 Å². The largest absolute Gasteiger partial charge is 0.342 e. The summed E-state index contributed by atoms with van der Waals surface area (Å²) in [4.78, 5) is 7.90. The summed E-state index contributed by atoms with van der Waals surface area (Å²) in [6, 6.07) is 14.2. The Morgan fingerprint density at radius 3 is 2.65 bits per heavy atom. The van der Waals surface area contributed by atoms with Crippen LogP contribution in [0.2, 0.25) is 0 Å². The van der Waals surface area contributed by atoms with Gasteiger partial charge in [0, 0.05) is 12.1 Å². The van der Waals surface area contributed by atoms with Gasteiger partial charge in [-0.25, -0.2) is 9.55 Å². The molecule has 0 radical (unpaired) electrons. The van der Waals surface area contributed by atoms with Crippen LogP contribution in [0.5, 0.6) is 0 Å². The van der Waals surface area contributed by atoms with E-state index >= 15 is 0 Å². The molecular formula is C14H14N3+. The molecule has 0 aliphatic heterocycles. The van der Waals surface area contributed by atoms with Crippen molar-refractivity contribution in [3.05, 3.63) is 60.7 Å². The van der Waals surface area contributed by atoms with Crippen molar-refractivity contribution in [3.8, 4) is 0 Å². The summed E-state index contributed by atoms with van der Waals surface area (Å²) in [7, 11) is 0. The summed E-state index contributed by atoms with van der Waals surface area (Å²) in [5.74, 6) is 1.04. The lowest BCUT2D eigenvalue weighted by molar-refractivity contribution is -0.696. The first kappa shape index (κ1) is 10.0.